The molecule has 4 aliphatic rings. The second kappa shape index (κ2) is 4.36. The Morgan fingerprint density at radius 3 is 3.09 bits per heavy atom. The van der Waals surface area contributed by atoms with E-state index in [2.05, 4.69) is 47.5 Å². The summed E-state index contributed by atoms with van der Waals surface area (Å²) >= 11 is 0. The number of allylic oxidation sites excluding steroid dienone is 1. The van der Waals surface area contributed by atoms with E-state index < -0.39 is 0 Å². The highest BCUT2D eigenvalue weighted by atomic mass is 16.3. The average Bonchev–Trinajstić information content (AvgIpc) is 3.11. The van der Waals surface area contributed by atoms with Crippen molar-refractivity contribution in [2.45, 2.75) is 37.3 Å². The molecule has 3 nitrogen and oxygen atoms in total. The predicted octanol–water partition coefficient (Wildman–Crippen LogP) is 2.38. The number of nitrogens with zero attached hydrogens (tertiary/aromatic N) is 1. The molecule has 5 atom stereocenters. The lowest BCUT2D eigenvalue weighted by Gasteiger charge is -2.54. The van der Waals surface area contributed by atoms with Gasteiger partial charge in [0.2, 0.25) is 0 Å². The molecule has 0 amide bonds. The van der Waals surface area contributed by atoms with Crippen LogP contribution in [0.2, 0.25) is 0 Å². The van der Waals surface area contributed by atoms with Gasteiger partial charge in [-0.05, 0) is 43.9 Å². The second-order valence-electron chi connectivity index (χ2n) is 7.50. The van der Waals surface area contributed by atoms with Crippen LogP contribution in [0.25, 0.3) is 0 Å². The molecule has 1 aliphatic carbocycles. The Hall–Kier alpha value is -1.32. The first-order valence-corrected chi connectivity index (χ1v) is 8.65. The van der Waals surface area contributed by atoms with Crippen LogP contribution in [0.5, 0.6) is 0 Å². The van der Waals surface area contributed by atoms with Crippen LogP contribution < -0.4 is 5.32 Å². The van der Waals surface area contributed by atoms with Crippen molar-refractivity contribution in [1.29, 1.82) is 0 Å². The van der Waals surface area contributed by atoms with Crippen LogP contribution in [0.15, 0.2) is 35.9 Å². The molecule has 1 saturated carbocycles. The summed E-state index contributed by atoms with van der Waals surface area (Å²) in [7, 11) is 0. The predicted molar refractivity (Wildman–Crippen MR) is 87.9 cm³/mol. The lowest BCUT2D eigenvalue weighted by atomic mass is 9.56. The maximum absolute atomic E-state index is 10.2. The molecule has 1 aromatic carbocycles. The first-order valence-electron chi connectivity index (χ1n) is 8.65. The van der Waals surface area contributed by atoms with E-state index in [1.165, 1.54) is 30.6 Å². The highest BCUT2D eigenvalue weighted by Crippen LogP contribution is 2.60. The van der Waals surface area contributed by atoms with E-state index in [1.807, 2.05) is 0 Å². The molecule has 22 heavy (non-hydrogen) atoms. The molecule has 5 rings (SSSR count). The van der Waals surface area contributed by atoms with Gasteiger partial charge in [-0.3, -0.25) is 4.90 Å². The van der Waals surface area contributed by atoms with Crippen molar-refractivity contribution in [3.8, 4) is 0 Å². The van der Waals surface area contributed by atoms with Crippen LogP contribution >= 0.6 is 0 Å². The minimum absolute atomic E-state index is 0.222. The fraction of sp³-hybridized carbons (Fsp3) is 0.579. The molecule has 2 bridgehead atoms. The molecular weight excluding hydrogens is 272 g/mol. The van der Waals surface area contributed by atoms with Crippen LogP contribution in [0.3, 0.4) is 0 Å². The smallest absolute Gasteiger partial charge is 0.0484 e. The van der Waals surface area contributed by atoms with E-state index in [1.54, 1.807) is 5.57 Å². The molecule has 2 N–H and O–H groups in total. The fourth-order valence-electron chi connectivity index (χ4n) is 6.13. The highest BCUT2D eigenvalue weighted by molar-refractivity contribution is 5.65. The van der Waals surface area contributed by atoms with Gasteiger partial charge in [-0.15, -0.1) is 0 Å². The standard InChI is InChI=1S/C19H24N2O/c1-2-12-10-21-8-7-19-15-5-3-4-6-16(15)20-18(19)14(11-22)13(12)9-17(19)21/h2-6,13-14,17-18,20,22H,7-11H2,1H3/b12-2+/t13-,14-,17-,18-,19+/m0/s1. The summed E-state index contributed by atoms with van der Waals surface area (Å²) < 4.78 is 0. The lowest BCUT2D eigenvalue weighted by Crippen LogP contribution is -2.62. The van der Waals surface area contributed by atoms with Crippen LogP contribution in [0.4, 0.5) is 5.69 Å². The van der Waals surface area contributed by atoms with Gasteiger partial charge in [0, 0.05) is 42.3 Å². The van der Waals surface area contributed by atoms with E-state index in [0.717, 1.165) is 6.54 Å². The summed E-state index contributed by atoms with van der Waals surface area (Å²) in [5.41, 5.74) is 4.58. The summed E-state index contributed by atoms with van der Waals surface area (Å²) in [5, 5.41) is 14.0. The zero-order valence-corrected chi connectivity index (χ0v) is 13.1. The molecule has 0 unspecified atom stereocenters. The van der Waals surface area contributed by atoms with Crippen molar-refractivity contribution in [2.24, 2.45) is 11.8 Å². The minimum atomic E-state index is 0.222. The number of nitrogens with one attached hydrogen (secondary N) is 1. The number of aliphatic hydroxyl groups excluding tert-OH is 1. The summed E-state index contributed by atoms with van der Waals surface area (Å²) in [4.78, 5) is 2.70. The van der Waals surface area contributed by atoms with Gasteiger partial charge in [-0.2, -0.15) is 0 Å². The number of aliphatic hydroxyl groups is 1. The third kappa shape index (κ3) is 1.35. The van der Waals surface area contributed by atoms with Gasteiger partial charge >= 0.3 is 0 Å². The molecule has 1 aromatic rings. The monoisotopic (exact) mass is 296 g/mol. The molecule has 3 aliphatic heterocycles. The van der Waals surface area contributed by atoms with Gasteiger partial charge in [0.25, 0.3) is 0 Å². The zero-order valence-electron chi connectivity index (χ0n) is 13.1. The maximum atomic E-state index is 10.2. The van der Waals surface area contributed by atoms with Gasteiger partial charge in [0.05, 0.1) is 0 Å². The zero-order chi connectivity index (χ0) is 14.9. The van der Waals surface area contributed by atoms with Gasteiger partial charge < -0.3 is 10.4 Å². The summed E-state index contributed by atoms with van der Waals surface area (Å²) in [5.74, 6) is 0.893. The number of hydrogen-bond donors (Lipinski definition) is 2. The number of hydrogen-bond acceptors (Lipinski definition) is 3. The highest BCUT2D eigenvalue weighted by Gasteiger charge is 2.64. The number of rotatable bonds is 1. The van der Waals surface area contributed by atoms with E-state index in [0.29, 0.717) is 30.5 Å². The first-order chi connectivity index (χ1) is 10.8. The van der Waals surface area contributed by atoms with E-state index >= 15 is 0 Å². The van der Waals surface area contributed by atoms with E-state index in [-0.39, 0.29) is 5.41 Å². The van der Waals surface area contributed by atoms with Crippen LogP contribution in [-0.4, -0.2) is 41.8 Å². The third-order valence-electron chi connectivity index (χ3n) is 7.01. The topological polar surface area (TPSA) is 35.5 Å². The van der Waals surface area contributed by atoms with Crippen molar-refractivity contribution in [2.75, 3.05) is 25.0 Å². The lowest BCUT2D eigenvalue weighted by molar-refractivity contribution is 0.0298. The van der Waals surface area contributed by atoms with Crippen molar-refractivity contribution in [3.05, 3.63) is 41.5 Å². The van der Waals surface area contributed by atoms with Gasteiger partial charge in [-0.1, -0.05) is 29.8 Å². The van der Waals surface area contributed by atoms with Gasteiger partial charge in [0.1, 0.15) is 0 Å². The van der Waals surface area contributed by atoms with E-state index in [9.17, 15) is 5.11 Å². The van der Waals surface area contributed by atoms with Gasteiger partial charge in [-0.25, -0.2) is 0 Å². The quantitative estimate of drug-likeness (QED) is 0.781. The van der Waals surface area contributed by atoms with Crippen molar-refractivity contribution >= 4 is 5.69 Å². The number of piperidine rings is 1. The minimum Gasteiger partial charge on any atom is -0.396 e. The van der Waals surface area contributed by atoms with Crippen LogP contribution in [0, 0.1) is 11.8 Å². The molecular formula is C19H24N2O. The number of fused-ring (bicyclic) bond motifs is 2. The molecule has 2 saturated heterocycles. The average molecular weight is 296 g/mol. The van der Waals surface area contributed by atoms with Crippen molar-refractivity contribution < 1.29 is 5.11 Å². The summed E-state index contributed by atoms with van der Waals surface area (Å²) in [6.07, 6.45) is 4.75. The Balaban J connectivity index is 1.71. The molecule has 3 fully saturated rings. The number of para-hydroxylation sites is 1. The summed E-state index contributed by atoms with van der Waals surface area (Å²) in [6, 6.07) is 9.89. The molecule has 3 heterocycles. The largest absolute Gasteiger partial charge is 0.396 e. The van der Waals surface area contributed by atoms with Gasteiger partial charge in [0.15, 0.2) is 0 Å². The Labute approximate surface area is 132 Å². The number of benzene rings is 1. The molecule has 3 heteroatoms. The Bertz CT molecular complexity index is 655. The fourth-order valence-corrected chi connectivity index (χ4v) is 6.13. The molecule has 1 spiro atoms. The summed E-state index contributed by atoms with van der Waals surface area (Å²) in [6.45, 7) is 4.76. The SMILES string of the molecule is C/C=C1\CN2CC[C@]34c5ccccc5N[C@H]3[C@@H](CO)[C@H]1C[C@H]24. The maximum Gasteiger partial charge on any atom is 0.0484 e. The molecule has 0 aromatic heterocycles. The van der Waals surface area contributed by atoms with Crippen LogP contribution in [-0.2, 0) is 5.41 Å². The normalized spacial score (nSPS) is 43.8. The Morgan fingerprint density at radius 1 is 1.41 bits per heavy atom. The Morgan fingerprint density at radius 2 is 2.27 bits per heavy atom. The van der Waals surface area contributed by atoms with Crippen LogP contribution in [0.1, 0.15) is 25.3 Å². The van der Waals surface area contributed by atoms with Crippen molar-refractivity contribution in [1.82, 2.24) is 4.90 Å². The number of anilines is 1. The second-order valence-corrected chi connectivity index (χ2v) is 7.50. The molecule has 116 valence electrons. The van der Waals surface area contributed by atoms with E-state index in [4.69, 9.17) is 0 Å². The molecule has 0 radical (unpaired) electrons. The third-order valence-corrected chi connectivity index (χ3v) is 7.01. The van der Waals surface area contributed by atoms with Crippen molar-refractivity contribution in [3.63, 3.8) is 0 Å². The first kappa shape index (κ1) is 13.1. The Kier molecular flexibility index (Phi) is 2.61.